The van der Waals surface area contributed by atoms with Crippen molar-refractivity contribution < 1.29 is 4.79 Å². The fraction of sp³-hybridized carbons (Fsp3) is 0.214. The second kappa shape index (κ2) is 5.17. The van der Waals surface area contributed by atoms with Crippen LogP contribution in [0.1, 0.15) is 16.8 Å². The molecule has 0 N–H and O–H groups in total. The maximum Gasteiger partial charge on any atom is 0.164 e. The minimum absolute atomic E-state index is 0.242. The first-order valence-corrected chi connectivity index (χ1v) is 6.72. The van der Waals surface area contributed by atoms with Gasteiger partial charge >= 0.3 is 0 Å². The molecule has 82 valence electrons. The molecule has 0 heterocycles. The number of benzene rings is 2. The standard InChI is InChI=1S/C14H14OS/c1-16-10-9-14(15)13-8-4-6-11-5-2-3-7-12(11)13/h2-8H,9-10H2,1H3. The maximum atomic E-state index is 12.0. The summed E-state index contributed by atoms with van der Waals surface area (Å²) in [5.74, 6) is 1.13. The monoisotopic (exact) mass is 230 g/mol. The summed E-state index contributed by atoms with van der Waals surface area (Å²) >= 11 is 1.71. The molecule has 0 spiro atoms. The summed E-state index contributed by atoms with van der Waals surface area (Å²) in [6.45, 7) is 0. The van der Waals surface area contributed by atoms with Gasteiger partial charge in [-0.05, 0) is 17.0 Å². The fourth-order valence-corrected chi connectivity index (χ4v) is 2.19. The Morgan fingerprint density at radius 2 is 1.88 bits per heavy atom. The van der Waals surface area contributed by atoms with E-state index in [0.717, 1.165) is 22.1 Å². The Hall–Kier alpha value is -1.28. The smallest absolute Gasteiger partial charge is 0.164 e. The first kappa shape index (κ1) is 11.2. The molecule has 1 nitrogen and oxygen atoms in total. The molecular formula is C14H14OS. The van der Waals surface area contributed by atoms with Crippen LogP contribution in [-0.2, 0) is 0 Å². The number of carbonyl (C=O) groups is 1. The minimum atomic E-state index is 0.242. The van der Waals surface area contributed by atoms with Gasteiger partial charge in [-0.3, -0.25) is 4.79 Å². The summed E-state index contributed by atoms with van der Waals surface area (Å²) in [5.41, 5.74) is 0.854. The van der Waals surface area contributed by atoms with E-state index in [9.17, 15) is 4.79 Å². The third kappa shape index (κ3) is 2.27. The van der Waals surface area contributed by atoms with Gasteiger partial charge in [0.1, 0.15) is 0 Å². The molecule has 0 aliphatic heterocycles. The molecule has 0 aromatic heterocycles. The molecule has 0 fully saturated rings. The lowest BCUT2D eigenvalue weighted by atomic mass is 10.0. The van der Waals surface area contributed by atoms with Gasteiger partial charge in [-0.1, -0.05) is 42.5 Å². The Balaban J connectivity index is 2.40. The van der Waals surface area contributed by atoms with Gasteiger partial charge in [0.2, 0.25) is 0 Å². The number of fused-ring (bicyclic) bond motifs is 1. The van der Waals surface area contributed by atoms with Gasteiger partial charge in [-0.25, -0.2) is 0 Å². The maximum absolute atomic E-state index is 12.0. The molecule has 0 bridgehead atoms. The summed E-state index contributed by atoms with van der Waals surface area (Å²) in [4.78, 5) is 12.0. The SMILES string of the molecule is CSCCC(=O)c1cccc2ccccc12. The Bertz CT molecular complexity index is 500. The number of hydrogen-bond donors (Lipinski definition) is 0. The number of hydrogen-bond acceptors (Lipinski definition) is 2. The van der Waals surface area contributed by atoms with Gasteiger partial charge in [-0.15, -0.1) is 0 Å². The molecular weight excluding hydrogens is 216 g/mol. The van der Waals surface area contributed by atoms with Crippen molar-refractivity contribution in [1.82, 2.24) is 0 Å². The summed E-state index contributed by atoms with van der Waals surface area (Å²) in [5, 5.41) is 2.20. The van der Waals surface area contributed by atoms with E-state index < -0.39 is 0 Å². The topological polar surface area (TPSA) is 17.1 Å². The van der Waals surface area contributed by atoms with Crippen LogP contribution in [0.5, 0.6) is 0 Å². The van der Waals surface area contributed by atoms with Crippen LogP contribution in [0, 0.1) is 0 Å². The van der Waals surface area contributed by atoms with E-state index in [1.807, 2.05) is 48.7 Å². The molecule has 0 atom stereocenters. The van der Waals surface area contributed by atoms with Crippen LogP contribution < -0.4 is 0 Å². The van der Waals surface area contributed by atoms with Crippen molar-refractivity contribution >= 4 is 28.3 Å². The minimum Gasteiger partial charge on any atom is -0.294 e. The highest BCUT2D eigenvalue weighted by Crippen LogP contribution is 2.20. The van der Waals surface area contributed by atoms with Crippen LogP contribution in [0.2, 0.25) is 0 Å². The first-order valence-electron chi connectivity index (χ1n) is 5.33. The van der Waals surface area contributed by atoms with Crippen LogP contribution in [0.15, 0.2) is 42.5 Å². The third-order valence-corrected chi connectivity index (χ3v) is 3.24. The van der Waals surface area contributed by atoms with Crippen LogP contribution >= 0.6 is 11.8 Å². The van der Waals surface area contributed by atoms with E-state index in [-0.39, 0.29) is 5.78 Å². The van der Waals surface area contributed by atoms with Gasteiger partial charge in [0.25, 0.3) is 0 Å². The molecule has 0 aliphatic carbocycles. The zero-order valence-corrected chi connectivity index (χ0v) is 10.1. The van der Waals surface area contributed by atoms with Crippen molar-refractivity contribution in [2.45, 2.75) is 6.42 Å². The molecule has 0 unspecified atom stereocenters. The van der Waals surface area contributed by atoms with E-state index in [0.29, 0.717) is 6.42 Å². The van der Waals surface area contributed by atoms with E-state index in [2.05, 4.69) is 0 Å². The normalized spacial score (nSPS) is 10.6. The van der Waals surface area contributed by atoms with Gasteiger partial charge in [0.05, 0.1) is 0 Å². The predicted molar refractivity (Wildman–Crippen MR) is 71.3 cm³/mol. The van der Waals surface area contributed by atoms with Crippen LogP contribution in [0.3, 0.4) is 0 Å². The van der Waals surface area contributed by atoms with E-state index in [1.54, 1.807) is 11.8 Å². The van der Waals surface area contributed by atoms with Crippen molar-refractivity contribution in [3.63, 3.8) is 0 Å². The Kier molecular flexibility index (Phi) is 3.62. The van der Waals surface area contributed by atoms with Gasteiger partial charge in [0.15, 0.2) is 5.78 Å². The van der Waals surface area contributed by atoms with Crippen molar-refractivity contribution in [2.24, 2.45) is 0 Å². The zero-order valence-electron chi connectivity index (χ0n) is 9.27. The highest BCUT2D eigenvalue weighted by atomic mass is 32.2. The highest BCUT2D eigenvalue weighted by molar-refractivity contribution is 7.98. The lowest BCUT2D eigenvalue weighted by Crippen LogP contribution is -2.01. The summed E-state index contributed by atoms with van der Waals surface area (Å²) < 4.78 is 0. The molecule has 0 saturated heterocycles. The number of carbonyl (C=O) groups excluding carboxylic acids is 1. The number of ketones is 1. The van der Waals surface area contributed by atoms with E-state index >= 15 is 0 Å². The Morgan fingerprint density at radius 1 is 1.12 bits per heavy atom. The quantitative estimate of drug-likeness (QED) is 0.744. The summed E-state index contributed by atoms with van der Waals surface area (Å²) in [6, 6.07) is 14.0. The number of rotatable bonds is 4. The molecule has 2 aromatic carbocycles. The molecule has 16 heavy (non-hydrogen) atoms. The summed E-state index contributed by atoms with van der Waals surface area (Å²) in [6.07, 6.45) is 2.64. The summed E-state index contributed by atoms with van der Waals surface area (Å²) in [7, 11) is 0. The van der Waals surface area contributed by atoms with Crippen molar-refractivity contribution in [2.75, 3.05) is 12.0 Å². The number of thioether (sulfide) groups is 1. The first-order chi connectivity index (χ1) is 7.83. The largest absolute Gasteiger partial charge is 0.294 e. The van der Waals surface area contributed by atoms with Crippen LogP contribution in [0.25, 0.3) is 10.8 Å². The second-order valence-corrected chi connectivity index (χ2v) is 4.68. The average Bonchev–Trinajstić information content (AvgIpc) is 2.35. The fourth-order valence-electron chi connectivity index (χ4n) is 1.80. The molecule has 2 heteroatoms. The van der Waals surface area contributed by atoms with Crippen molar-refractivity contribution in [3.05, 3.63) is 48.0 Å². The molecule has 2 rings (SSSR count). The molecule has 0 radical (unpaired) electrons. The Labute approximate surface area is 99.9 Å². The molecule has 0 saturated carbocycles. The second-order valence-electron chi connectivity index (χ2n) is 3.69. The van der Waals surface area contributed by atoms with Crippen molar-refractivity contribution in [1.29, 1.82) is 0 Å². The van der Waals surface area contributed by atoms with E-state index in [1.165, 1.54) is 0 Å². The lowest BCUT2D eigenvalue weighted by Gasteiger charge is -2.04. The lowest BCUT2D eigenvalue weighted by molar-refractivity contribution is 0.0991. The average molecular weight is 230 g/mol. The van der Waals surface area contributed by atoms with Gasteiger partial charge < -0.3 is 0 Å². The predicted octanol–water partition coefficient (Wildman–Crippen LogP) is 3.78. The van der Waals surface area contributed by atoms with Gasteiger partial charge in [-0.2, -0.15) is 11.8 Å². The highest BCUT2D eigenvalue weighted by Gasteiger charge is 2.08. The van der Waals surface area contributed by atoms with Crippen LogP contribution in [0.4, 0.5) is 0 Å². The zero-order chi connectivity index (χ0) is 11.4. The molecule has 2 aromatic rings. The Morgan fingerprint density at radius 3 is 2.69 bits per heavy atom. The van der Waals surface area contributed by atoms with E-state index in [4.69, 9.17) is 0 Å². The molecule has 0 amide bonds. The van der Waals surface area contributed by atoms with Gasteiger partial charge in [0, 0.05) is 17.7 Å². The van der Waals surface area contributed by atoms with Crippen LogP contribution in [-0.4, -0.2) is 17.8 Å². The third-order valence-electron chi connectivity index (χ3n) is 2.62. The van der Waals surface area contributed by atoms with Crippen molar-refractivity contribution in [3.8, 4) is 0 Å². The number of Topliss-reactive ketones (excluding diaryl/α,β-unsaturated/α-hetero) is 1. The molecule has 0 aliphatic rings.